The number of fused-ring (bicyclic) bond motifs is 1. The number of rotatable bonds is 2. The van der Waals surface area contributed by atoms with Crippen molar-refractivity contribution in [3.8, 4) is 0 Å². The minimum Gasteiger partial charge on any atom is -0.310 e. The topological polar surface area (TPSA) is 63.9 Å². The molecule has 0 saturated heterocycles. The molecular formula is C13H12F3N5O. The molecule has 116 valence electrons. The second-order valence-electron chi connectivity index (χ2n) is 4.99. The zero-order chi connectivity index (χ0) is 15.7. The van der Waals surface area contributed by atoms with E-state index in [1.807, 2.05) is 0 Å². The number of para-hydroxylation sites is 1. The zero-order valence-electron chi connectivity index (χ0n) is 11.4. The van der Waals surface area contributed by atoms with Gasteiger partial charge in [0.05, 0.1) is 5.92 Å². The summed E-state index contributed by atoms with van der Waals surface area (Å²) in [6.07, 6.45) is -3.19. The van der Waals surface area contributed by atoms with E-state index in [9.17, 15) is 18.0 Å². The van der Waals surface area contributed by atoms with Crippen molar-refractivity contribution in [3.05, 3.63) is 36.2 Å². The predicted molar refractivity (Wildman–Crippen MR) is 70.0 cm³/mol. The number of hydrogen-bond donors (Lipinski definition) is 0. The van der Waals surface area contributed by atoms with Gasteiger partial charge in [0.15, 0.2) is 0 Å². The second-order valence-corrected chi connectivity index (χ2v) is 4.99. The number of nitrogens with zero attached hydrogens (tertiary/aromatic N) is 5. The first-order valence-electron chi connectivity index (χ1n) is 6.63. The van der Waals surface area contributed by atoms with Crippen molar-refractivity contribution in [3.63, 3.8) is 0 Å². The summed E-state index contributed by atoms with van der Waals surface area (Å²) >= 11 is 0. The van der Waals surface area contributed by atoms with Gasteiger partial charge in [0.25, 0.3) is 0 Å². The summed E-state index contributed by atoms with van der Waals surface area (Å²) < 4.78 is 40.6. The van der Waals surface area contributed by atoms with E-state index in [4.69, 9.17) is 0 Å². The molecule has 0 radical (unpaired) electrons. The molecule has 2 heterocycles. The highest BCUT2D eigenvalue weighted by molar-refractivity contribution is 5.94. The third kappa shape index (κ3) is 2.66. The van der Waals surface area contributed by atoms with Gasteiger partial charge in [-0.3, -0.25) is 4.79 Å². The van der Waals surface area contributed by atoms with Crippen LogP contribution >= 0.6 is 0 Å². The van der Waals surface area contributed by atoms with Gasteiger partial charge in [-0.25, -0.2) is 4.68 Å². The van der Waals surface area contributed by atoms with Gasteiger partial charge >= 0.3 is 6.18 Å². The fourth-order valence-electron chi connectivity index (χ4n) is 2.64. The molecule has 0 spiro atoms. The molecule has 1 aromatic heterocycles. The number of anilines is 1. The average Bonchev–Trinajstić information content (AvgIpc) is 2.97. The Kier molecular flexibility index (Phi) is 3.55. The largest absolute Gasteiger partial charge is 0.395 e. The quantitative estimate of drug-likeness (QED) is 0.848. The van der Waals surface area contributed by atoms with Crippen LogP contribution in [0.3, 0.4) is 0 Å². The minimum absolute atomic E-state index is 0.0160. The molecule has 0 fully saturated rings. The van der Waals surface area contributed by atoms with Crippen molar-refractivity contribution in [2.24, 2.45) is 0 Å². The highest BCUT2D eigenvalue weighted by Crippen LogP contribution is 2.44. The van der Waals surface area contributed by atoms with Crippen molar-refractivity contribution in [2.75, 3.05) is 11.4 Å². The van der Waals surface area contributed by atoms with E-state index in [1.54, 1.807) is 12.1 Å². The molecule has 0 bridgehead atoms. The standard InChI is InChI=1S/C13H12F3N5O/c14-13(15,16)10-5-6-21(11-4-2-1-3-9(10)11)12(22)7-20-8-17-18-19-20/h1-4,8,10H,5-7H2. The molecule has 1 aliphatic rings. The number of halogens is 3. The lowest BCUT2D eigenvalue weighted by molar-refractivity contribution is -0.152. The first kappa shape index (κ1) is 14.5. The molecule has 0 N–H and O–H groups in total. The van der Waals surface area contributed by atoms with Gasteiger partial charge in [-0.05, 0) is 28.5 Å². The Morgan fingerprint density at radius 3 is 2.77 bits per heavy atom. The Balaban J connectivity index is 1.89. The lowest BCUT2D eigenvalue weighted by Crippen LogP contribution is -2.41. The maximum atomic E-state index is 13.1. The van der Waals surface area contributed by atoms with Crippen LogP contribution in [-0.2, 0) is 11.3 Å². The molecule has 3 rings (SSSR count). The van der Waals surface area contributed by atoms with E-state index in [2.05, 4.69) is 15.5 Å². The van der Waals surface area contributed by atoms with Gasteiger partial charge in [0.2, 0.25) is 5.91 Å². The summed E-state index contributed by atoms with van der Waals surface area (Å²) in [5.74, 6) is -1.89. The van der Waals surface area contributed by atoms with Crippen LogP contribution in [0, 0.1) is 0 Å². The number of carbonyl (C=O) groups excluding carboxylic acids is 1. The summed E-state index contributed by atoms with van der Waals surface area (Å²) in [4.78, 5) is 13.7. The Bertz CT molecular complexity index is 671. The van der Waals surface area contributed by atoms with Crippen molar-refractivity contribution in [1.29, 1.82) is 0 Å². The van der Waals surface area contributed by atoms with Crippen LogP contribution in [0.25, 0.3) is 0 Å². The van der Waals surface area contributed by atoms with Crippen LogP contribution in [0.4, 0.5) is 18.9 Å². The molecule has 0 saturated carbocycles. The molecular weight excluding hydrogens is 299 g/mol. The summed E-state index contributed by atoms with van der Waals surface area (Å²) in [5, 5.41) is 10.4. The lowest BCUT2D eigenvalue weighted by Gasteiger charge is -2.35. The van der Waals surface area contributed by atoms with E-state index in [0.717, 1.165) is 0 Å². The maximum Gasteiger partial charge on any atom is 0.395 e. The number of carbonyl (C=O) groups is 1. The van der Waals surface area contributed by atoms with Crippen molar-refractivity contribution in [1.82, 2.24) is 20.2 Å². The fraction of sp³-hybridized carbons (Fsp3) is 0.385. The predicted octanol–water partition coefficient (Wildman–Crippen LogP) is 1.76. The van der Waals surface area contributed by atoms with Crippen molar-refractivity contribution < 1.29 is 18.0 Å². The third-order valence-corrected chi connectivity index (χ3v) is 3.63. The number of hydrogen-bond acceptors (Lipinski definition) is 4. The molecule has 1 amide bonds. The Labute approximate surface area is 123 Å². The smallest absolute Gasteiger partial charge is 0.310 e. The SMILES string of the molecule is O=C(Cn1cnnn1)N1CCC(C(F)(F)F)c2ccccc21. The summed E-state index contributed by atoms with van der Waals surface area (Å²) in [6, 6.07) is 6.12. The molecule has 1 aliphatic heterocycles. The van der Waals surface area contributed by atoms with Gasteiger partial charge in [0, 0.05) is 12.2 Å². The average molecular weight is 311 g/mol. The van der Waals surface area contributed by atoms with Gasteiger partial charge in [-0.2, -0.15) is 13.2 Å². The number of benzene rings is 1. The first-order chi connectivity index (χ1) is 10.5. The number of alkyl halides is 3. The number of amides is 1. The molecule has 22 heavy (non-hydrogen) atoms. The highest BCUT2D eigenvalue weighted by atomic mass is 19.4. The van der Waals surface area contributed by atoms with Crippen LogP contribution in [-0.4, -0.2) is 38.8 Å². The van der Waals surface area contributed by atoms with Gasteiger partial charge in [0.1, 0.15) is 12.9 Å². The lowest BCUT2D eigenvalue weighted by atomic mass is 9.89. The van der Waals surface area contributed by atoms with Gasteiger partial charge < -0.3 is 4.90 Å². The number of aromatic nitrogens is 4. The molecule has 6 nitrogen and oxygen atoms in total. The highest BCUT2D eigenvalue weighted by Gasteiger charge is 2.44. The van der Waals surface area contributed by atoms with Crippen LogP contribution in [0.5, 0.6) is 0 Å². The van der Waals surface area contributed by atoms with Crippen LogP contribution in [0.2, 0.25) is 0 Å². The molecule has 2 aromatic rings. The Hall–Kier alpha value is -2.45. The van der Waals surface area contributed by atoms with Gasteiger partial charge in [-0.15, -0.1) is 5.10 Å². The van der Waals surface area contributed by atoms with E-state index >= 15 is 0 Å². The van der Waals surface area contributed by atoms with Gasteiger partial charge in [-0.1, -0.05) is 18.2 Å². The summed E-state index contributed by atoms with van der Waals surface area (Å²) in [5.41, 5.74) is 0.431. The van der Waals surface area contributed by atoms with E-state index in [0.29, 0.717) is 5.69 Å². The Morgan fingerprint density at radius 2 is 2.09 bits per heavy atom. The van der Waals surface area contributed by atoms with E-state index in [-0.39, 0.29) is 31.0 Å². The van der Waals surface area contributed by atoms with Crippen LogP contribution < -0.4 is 4.90 Å². The fourth-order valence-corrected chi connectivity index (χ4v) is 2.64. The molecule has 9 heteroatoms. The molecule has 1 aromatic carbocycles. The minimum atomic E-state index is -4.32. The van der Waals surface area contributed by atoms with E-state index in [1.165, 1.54) is 28.0 Å². The number of tetrazole rings is 1. The Morgan fingerprint density at radius 1 is 1.32 bits per heavy atom. The summed E-state index contributed by atoms with van der Waals surface area (Å²) in [7, 11) is 0. The summed E-state index contributed by atoms with van der Waals surface area (Å²) in [6.45, 7) is -0.0971. The first-order valence-corrected chi connectivity index (χ1v) is 6.63. The van der Waals surface area contributed by atoms with E-state index < -0.39 is 12.1 Å². The molecule has 1 atom stereocenters. The van der Waals surface area contributed by atoms with Crippen LogP contribution in [0.1, 0.15) is 17.9 Å². The monoisotopic (exact) mass is 311 g/mol. The van der Waals surface area contributed by atoms with Crippen LogP contribution in [0.15, 0.2) is 30.6 Å². The second kappa shape index (κ2) is 5.39. The maximum absolute atomic E-state index is 13.1. The van der Waals surface area contributed by atoms with Crippen molar-refractivity contribution in [2.45, 2.75) is 25.1 Å². The normalized spacial score (nSPS) is 18.1. The zero-order valence-corrected chi connectivity index (χ0v) is 11.4. The third-order valence-electron chi connectivity index (χ3n) is 3.63. The molecule has 1 unspecified atom stereocenters. The molecule has 0 aliphatic carbocycles. The van der Waals surface area contributed by atoms with Crippen molar-refractivity contribution >= 4 is 11.6 Å².